The molecule has 1 aromatic carbocycles. The minimum atomic E-state index is -0.428. The predicted molar refractivity (Wildman–Crippen MR) is 86.5 cm³/mol. The number of aryl methyl sites for hydroxylation is 1. The number of aliphatic hydroxyl groups is 1. The summed E-state index contributed by atoms with van der Waals surface area (Å²) in [5.41, 5.74) is 2.62. The molecule has 21 heavy (non-hydrogen) atoms. The van der Waals surface area contributed by atoms with E-state index >= 15 is 0 Å². The van der Waals surface area contributed by atoms with E-state index in [1.54, 1.807) is 0 Å². The summed E-state index contributed by atoms with van der Waals surface area (Å²) in [5.74, 6) is 0. The maximum atomic E-state index is 10.00. The van der Waals surface area contributed by atoms with Crippen LogP contribution in [0.1, 0.15) is 56.7 Å². The zero-order valence-corrected chi connectivity index (χ0v) is 13.3. The molecule has 1 aromatic rings. The molecule has 0 saturated heterocycles. The van der Waals surface area contributed by atoms with Crippen LogP contribution in [0.15, 0.2) is 24.3 Å². The molecular weight excluding hydrogens is 262 g/mol. The Morgan fingerprint density at radius 2 is 1.90 bits per heavy atom. The van der Waals surface area contributed by atoms with Crippen LogP contribution in [0.2, 0.25) is 0 Å². The molecule has 2 rings (SSSR count). The summed E-state index contributed by atoms with van der Waals surface area (Å²) in [7, 11) is 0. The van der Waals surface area contributed by atoms with Gasteiger partial charge in [-0.15, -0.1) is 0 Å². The van der Waals surface area contributed by atoms with Gasteiger partial charge in [0.2, 0.25) is 0 Å². The van der Waals surface area contributed by atoms with Crippen LogP contribution in [0, 0.1) is 0 Å². The van der Waals surface area contributed by atoms with Gasteiger partial charge in [0.1, 0.15) is 0 Å². The number of nitrogens with one attached hydrogen (secondary N) is 1. The molecule has 0 aromatic heterocycles. The van der Waals surface area contributed by atoms with Crippen LogP contribution in [0.4, 0.5) is 0 Å². The fraction of sp³-hybridized carbons (Fsp3) is 0.667. The molecule has 0 aliphatic heterocycles. The molecule has 1 saturated carbocycles. The molecule has 1 aliphatic carbocycles. The first kappa shape index (κ1) is 16.5. The fourth-order valence-corrected chi connectivity index (χ4v) is 2.83. The third kappa shape index (κ3) is 5.42. The monoisotopic (exact) mass is 291 g/mol. The van der Waals surface area contributed by atoms with Gasteiger partial charge >= 0.3 is 0 Å². The highest BCUT2D eigenvalue weighted by Crippen LogP contribution is 2.21. The Bertz CT molecular complexity index is 398. The number of aliphatic hydroxyl groups excluding tert-OH is 1. The topological polar surface area (TPSA) is 41.5 Å². The second-order valence-electron chi connectivity index (χ2n) is 6.12. The molecule has 0 bridgehead atoms. The summed E-state index contributed by atoms with van der Waals surface area (Å²) in [6.45, 7) is 5.31. The van der Waals surface area contributed by atoms with Crippen LogP contribution >= 0.6 is 0 Å². The van der Waals surface area contributed by atoms with Crippen LogP contribution in [0.5, 0.6) is 0 Å². The number of benzene rings is 1. The Balaban J connectivity index is 1.68. The van der Waals surface area contributed by atoms with E-state index in [0.717, 1.165) is 19.3 Å². The fourth-order valence-electron chi connectivity index (χ4n) is 2.83. The number of hydrogen-bond acceptors (Lipinski definition) is 3. The first-order chi connectivity index (χ1) is 10.2. The molecule has 0 radical (unpaired) electrons. The van der Waals surface area contributed by atoms with Gasteiger partial charge in [-0.1, -0.05) is 44.0 Å². The van der Waals surface area contributed by atoms with Crippen LogP contribution in [-0.2, 0) is 11.2 Å². The van der Waals surface area contributed by atoms with Gasteiger partial charge in [0.05, 0.1) is 18.8 Å². The molecular formula is C18H29NO2. The zero-order chi connectivity index (χ0) is 15.1. The maximum Gasteiger partial charge on any atom is 0.0898 e. The molecule has 0 amide bonds. The second kappa shape index (κ2) is 8.52. The minimum Gasteiger partial charge on any atom is -0.389 e. The van der Waals surface area contributed by atoms with Crippen molar-refractivity contribution in [3.63, 3.8) is 0 Å². The van der Waals surface area contributed by atoms with Gasteiger partial charge in [-0.3, -0.25) is 0 Å². The Morgan fingerprint density at radius 1 is 1.24 bits per heavy atom. The summed E-state index contributed by atoms with van der Waals surface area (Å²) >= 11 is 0. The quantitative estimate of drug-likeness (QED) is 0.773. The summed E-state index contributed by atoms with van der Waals surface area (Å²) in [6, 6.07) is 8.92. The molecule has 1 fully saturated rings. The highest BCUT2D eigenvalue weighted by atomic mass is 16.5. The van der Waals surface area contributed by atoms with Gasteiger partial charge in [-0.05, 0) is 37.3 Å². The lowest BCUT2D eigenvalue weighted by atomic mass is 10.0. The highest BCUT2D eigenvalue weighted by molar-refractivity contribution is 5.24. The smallest absolute Gasteiger partial charge is 0.0898 e. The lowest BCUT2D eigenvalue weighted by molar-refractivity contribution is -0.00610. The van der Waals surface area contributed by atoms with E-state index in [-0.39, 0.29) is 6.04 Å². The molecule has 2 atom stereocenters. The van der Waals surface area contributed by atoms with Crippen molar-refractivity contribution < 1.29 is 9.84 Å². The Kier molecular flexibility index (Phi) is 6.68. The van der Waals surface area contributed by atoms with Gasteiger partial charge < -0.3 is 15.2 Å². The Hall–Kier alpha value is -0.900. The maximum absolute atomic E-state index is 10.00. The Morgan fingerprint density at radius 3 is 2.52 bits per heavy atom. The van der Waals surface area contributed by atoms with E-state index in [4.69, 9.17) is 4.74 Å². The van der Waals surface area contributed by atoms with Gasteiger partial charge in [0.25, 0.3) is 0 Å². The van der Waals surface area contributed by atoms with Crippen LogP contribution in [0.3, 0.4) is 0 Å². The molecule has 118 valence electrons. The lowest BCUT2D eigenvalue weighted by Crippen LogP contribution is -2.33. The summed E-state index contributed by atoms with van der Waals surface area (Å²) < 4.78 is 5.74. The van der Waals surface area contributed by atoms with Crippen molar-refractivity contribution in [3.8, 4) is 0 Å². The van der Waals surface area contributed by atoms with E-state index in [2.05, 4.69) is 43.4 Å². The number of rotatable bonds is 8. The molecule has 1 aliphatic rings. The van der Waals surface area contributed by atoms with Crippen molar-refractivity contribution in [1.82, 2.24) is 5.32 Å². The molecule has 3 heteroatoms. The van der Waals surface area contributed by atoms with E-state index in [9.17, 15) is 5.11 Å². The average molecular weight is 291 g/mol. The van der Waals surface area contributed by atoms with Gasteiger partial charge in [-0.25, -0.2) is 0 Å². The van der Waals surface area contributed by atoms with Crippen molar-refractivity contribution >= 4 is 0 Å². The molecule has 0 heterocycles. The van der Waals surface area contributed by atoms with Gasteiger partial charge in [-0.2, -0.15) is 0 Å². The van der Waals surface area contributed by atoms with Crippen LogP contribution in [0.25, 0.3) is 0 Å². The second-order valence-corrected chi connectivity index (χ2v) is 6.12. The standard InChI is InChI=1S/C18H29NO2/c1-3-15-8-10-16(11-9-15)14(2)19-12-17(20)13-21-18-6-4-5-7-18/h8-11,14,17-20H,3-7,12-13H2,1-2H3. The van der Waals surface area contributed by atoms with Crippen LogP contribution in [-0.4, -0.2) is 30.5 Å². The largest absolute Gasteiger partial charge is 0.389 e. The van der Waals surface area contributed by atoms with E-state index in [1.807, 2.05) is 0 Å². The predicted octanol–water partition coefficient (Wildman–Crippen LogP) is 3.22. The van der Waals surface area contributed by atoms with Crippen molar-refractivity contribution in [2.24, 2.45) is 0 Å². The van der Waals surface area contributed by atoms with Crippen molar-refractivity contribution in [2.75, 3.05) is 13.2 Å². The molecule has 3 nitrogen and oxygen atoms in total. The van der Waals surface area contributed by atoms with Crippen LogP contribution < -0.4 is 5.32 Å². The first-order valence-corrected chi connectivity index (χ1v) is 8.31. The van der Waals surface area contributed by atoms with Gasteiger partial charge in [0, 0.05) is 12.6 Å². The molecule has 2 N–H and O–H groups in total. The average Bonchev–Trinajstić information content (AvgIpc) is 3.04. The minimum absolute atomic E-state index is 0.247. The molecule has 2 unspecified atom stereocenters. The summed E-state index contributed by atoms with van der Waals surface area (Å²) in [4.78, 5) is 0. The Labute approximate surface area is 128 Å². The third-order valence-electron chi connectivity index (χ3n) is 4.37. The first-order valence-electron chi connectivity index (χ1n) is 8.31. The third-order valence-corrected chi connectivity index (χ3v) is 4.37. The highest BCUT2D eigenvalue weighted by Gasteiger charge is 2.17. The lowest BCUT2D eigenvalue weighted by Gasteiger charge is -2.19. The van der Waals surface area contributed by atoms with Crippen molar-refractivity contribution in [1.29, 1.82) is 0 Å². The summed E-state index contributed by atoms with van der Waals surface area (Å²) in [6.07, 6.45) is 5.86. The van der Waals surface area contributed by atoms with Gasteiger partial charge in [0.15, 0.2) is 0 Å². The zero-order valence-electron chi connectivity index (χ0n) is 13.3. The summed E-state index contributed by atoms with van der Waals surface area (Å²) in [5, 5.41) is 13.4. The van der Waals surface area contributed by atoms with E-state index in [0.29, 0.717) is 19.3 Å². The van der Waals surface area contributed by atoms with Crippen molar-refractivity contribution in [3.05, 3.63) is 35.4 Å². The molecule has 0 spiro atoms. The number of hydrogen-bond donors (Lipinski definition) is 2. The van der Waals surface area contributed by atoms with E-state index < -0.39 is 6.10 Å². The van der Waals surface area contributed by atoms with Crippen molar-refractivity contribution in [2.45, 2.75) is 64.2 Å². The normalized spacial score (nSPS) is 18.8. The van der Waals surface area contributed by atoms with E-state index in [1.165, 1.54) is 24.0 Å². The number of ether oxygens (including phenoxy) is 1. The SMILES string of the molecule is CCc1ccc(C(C)NCC(O)COC2CCCC2)cc1.